The van der Waals surface area contributed by atoms with Crippen LogP contribution in [0.3, 0.4) is 0 Å². The van der Waals surface area contributed by atoms with Gasteiger partial charge in [0.2, 0.25) is 0 Å². The maximum absolute atomic E-state index is 9.59. The smallest absolute Gasteiger partial charge is 0.116 e. The third-order valence-electron chi connectivity index (χ3n) is 2.25. The summed E-state index contributed by atoms with van der Waals surface area (Å²) in [5.41, 5.74) is -1.000. The van der Waals surface area contributed by atoms with Crippen LogP contribution in [0.2, 0.25) is 0 Å². The predicted molar refractivity (Wildman–Crippen MR) is 42.9 cm³/mol. The van der Waals surface area contributed by atoms with Crippen LogP contribution in [0.5, 0.6) is 0 Å². The topological polar surface area (TPSA) is 58.9 Å². The van der Waals surface area contributed by atoms with Crippen molar-refractivity contribution >= 4 is 7.85 Å². The fourth-order valence-corrected chi connectivity index (χ4v) is 1.37. The molecule has 4 nitrogen and oxygen atoms in total. The lowest BCUT2D eigenvalue weighted by Crippen LogP contribution is -2.44. The summed E-state index contributed by atoms with van der Waals surface area (Å²) in [6.45, 7) is 1.32. The molecule has 1 aliphatic heterocycles. The van der Waals surface area contributed by atoms with Gasteiger partial charge in [0.15, 0.2) is 0 Å². The average Bonchev–Trinajstić information content (AvgIpc) is 2.25. The van der Waals surface area contributed by atoms with Gasteiger partial charge in [0.1, 0.15) is 25.7 Å². The Hall–Kier alpha value is -0.0951. The van der Waals surface area contributed by atoms with E-state index in [4.69, 9.17) is 22.4 Å². The van der Waals surface area contributed by atoms with E-state index in [1.54, 1.807) is 6.92 Å². The van der Waals surface area contributed by atoms with Crippen molar-refractivity contribution in [2.75, 3.05) is 13.7 Å². The quantitative estimate of drug-likeness (QED) is 0.505. The van der Waals surface area contributed by atoms with Crippen molar-refractivity contribution < 1.29 is 19.7 Å². The van der Waals surface area contributed by atoms with E-state index >= 15 is 0 Å². The van der Waals surface area contributed by atoms with Gasteiger partial charge in [-0.2, -0.15) is 0 Å². The monoisotopic (exact) mass is 172 g/mol. The van der Waals surface area contributed by atoms with Gasteiger partial charge in [0, 0.05) is 13.1 Å². The molecule has 0 unspecified atom stereocenters. The number of rotatable bonds is 2. The average molecular weight is 172 g/mol. The van der Waals surface area contributed by atoms with Crippen molar-refractivity contribution in [1.29, 1.82) is 0 Å². The predicted octanol–water partition coefficient (Wildman–Crippen LogP) is -1.36. The molecule has 4 atom stereocenters. The highest BCUT2D eigenvalue weighted by molar-refractivity contribution is 6.11. The summed E-state index contributed by atoms with van der Waals surface area (Å²) < 4.78 is 10.1. The first-order valence-electron chi connectivity index (χ1n) is 3.80. The molecular weight excluding hydrogens is 159 g/mol. The normalized spacial score (nSPS) is 48.2. The van der Waals surface area contributed by atoms with Crippen LogP contribution < -0.4 is 0 Å². The maximum atomic E-state index is 9.59. The molecule has 12 heavy (non-hydrogen) atoms. The molecule has 1 rings (SSSR count). The molecule has 1 heterocycles. The van der Waals surface area contributed by atoms with Crippen LogP contribution in [0.15, 0.2) is 0 Å². The van der Waals surface area contributed by atoms with E-state index in [1.807, 2.05) is 0 Å². The van der Waals surface area contributed by atoms with Crippen LogP contribution in [-0.4, -0.2) is 55.6 Å². The Balaban J connectivity index is 2.74. The highest BCUT2D eigenvalue weighted by atomic mass is 16.6. The van der Waals surface area contributed by atoms with Crippen LogP contribution in [0, 0.1) is 0 Å². The number of aliphatic hydroxyl groups is 2. The Bertz CT molecular complexity index is 165. The Labute approximate surface area is 72.9 Å². The first-order chi connectivity index (χ1) is 5.55. The highest BCUT2D eigenvalue weighted by Crippen LogP contribution is 2.30. The molecule has 2 N–H and O–H groups in total. The van der Waals surface area contributed by atoms with Crippen molar-refractivity contribution in [3.8, 4) is 0 Å². The Morgan fingerprint density at radius 2 is 2.25 bits per heavy atom. The third-order valence-corrected chi connectivity index (χ3v) is 2.25. The second-order valence-electron chi connectivity index (χ2n) is 3.20. The lowest BCUT2D eigenvalue weighted by Gasteiger charge is -2.25. The lowest BCUT2D eigenvalue weighted by atomic mass is 9.90. The van der Waals surface area contributed by atoms with Gasteiger partial charge >= 0.3 is 0 Å². The van der Waals surface area contributed by atoms with Crippen LogP contribution in [0.25, 0.3) is 0 Å². The van der Waals surface area contributed by atoms with E-state index in [0.29, 0.717) is 0 Å². The second-order valence-corrected chi connectivity index (χ2v) is 3.20. The number of aliphatic hydroxyl groups excluding tert-OH is 2. The van der Waals surface area contributed by atoms with Gasteiger partial charge in [-0.05, 0) is 6.92 Å². The molecule has 0 spiro atoms. The molecule has 1 saturated heterocycles. The van der Waals surface area contributed by atoms with Gasteiger partial charge in [-0.25, -0.2) is 0 Å². The molecular formula is C7H13BO4. The molecule has 2 radical (unpaired) electrons. The van der Waals surface area contributed by atoms with Gasteiger partial charge in [0.25, 0.3) is 0 Å². The number of methoxy groups -OCH3 is 1. The standard InChI is InChI=1S/C7H13BO4/c1-7(3-9)5(10)4(11-2)6(8)12-7/h4-6,9-10H,3H2,1-2H3/t4-,5+,6-,7-/m1/s1. The summed E-state index contributed by atoms with van der Waals surface area (Å²) in [6.07, 6.45) is -1.45. The van der Waals surface area contributed by atoms with E-state index in [1.165, 1.54) is 7.11 Å². The van der Waals surface area contributed by atoms with Crippen molar-refractivity contribution in [3.63, 3.8) is 0 Å². The Kier molecular flexibility index (Phi) is 2.78. The summed E-state index contributed by atoms with van der Waals surface area (Å²) in [6, 6.07) is -0.679. The SMILES string of the molecule is [B][C@@H]1O[C@](C)(CO)[C@@H](O)[C@H]1OC. The Morgan fingerprint density at radius 3 is 2.50 bits per heavy atom. The number of hydrogen-bond acceptors (Lipinski definition) is 4. The highest BCUT2D eigenvalue weighted by Gasteiger charge is 2.49. The zero-order valence-electron chi connectivity index (χ0n) is 7.23. The molecule has 0 bridgehead atoms. The zero-order valence-corrected chi connectivity index (χ0v) is 7.23. The summed E-state index contributed by atoms with van der Waals surface area (Å²) >= 11 is 0. The van der Waals surface area contributed by atoms with Crippen LogP contribution in [0.4, 0.5) is 0 Å². The van der Waals surface area contributed by atoms with E-state index < -0.39 is 23.8 Å². The van der Waals surface area contributed by atoms with Crippen LogP contribution in [-0.2, 0) is 9.47 Å². The molecule has 5 heteroatoms. The molecule has 0 aromatic rings. The maximum Gasteiger partial charge on any atom is 0.116 e. The largest absolute Gasteiger partial charge is 0.393 e. The zero-order chi connectivity index (χ0) is 9.35. The first-order valence-corrected chi connectivity index (χ1v) is 3.80. The summed E-state index contributed by atoms with van der Waals surface area (Å²) in [4.78, 5) is 0. The minimum absolute atomic E-state index is 0.276. The summed E-state index contributed by atoms with van der Waals surface area (Å²) in [7, 11) is 6.96. The van der Waals surface area contributed by atoms with E-state index in [-0.39, 0.29) is 6.61 Å². The summed E-state index contributed by atoms with van der Waals surface area (Å²) in [5, 5.41) is 18.5. The van der Waals surface area contributed by atoms with Crippen molar-refractivity contribution in [2.24, 2.45) is 0 Å². The second kappa shape index (κ2) is 3.34. The fraction of sp³-hybridized carbons (Fsp3) is 1.00. The van der Waals surface area contributed by atoms with Crippen molar-refractivity contribution in [1.82, 2.24) is 0 Å². The van der Waals surface area contributed by atoms with Gasteiger partial charge in [-0.1, -0.05) is 0 Å². The van der Waals surface area contributed by atoms with Crippen LogP contribution in [0.1, 0.15) is 6.92 Å². The number of hydrogen-bond donors (Lipinski definition) is 2. The molecule has 0 aromatic carbocycles. The van der Waals surface area contributed by atoms with Crippen molar-refractivity contribution in [3.05, 3.63) is 0 Å². The van der Waals surface area contributed by atoms with Gasteiger partial charge in [-0.15, -0.1) is 0 Å². The molecule has 1 aliphatic rings. The minimum Gasteiger partial charge on any atom is -0.393 e. The lowest BCUT2D eigenvalue weighted by molar-refractivity contribution is -0.0876. The third kappa shape index (κ3) is 1.37. The minimum atomic E-state index is -1.000. The molecule has 0 aromatic heterocycles. The van der Waals surface area contributed by atoms with E-state index in [2.05, 4.69) is 0 Å². The summed E-state index contributed by atoms with van der Waals surface area (Å²) in [5.74, 6) is 0. The van der Waals surface area contributed by atoms with E-state index in [9.17, 15) is 5.11 Å². The first kappa shape index (κ1) is 9.99. The van der Waals surface area contributed by atoms with E-state index in [0.717, 1.165) is 0 Å². The van der Waals surface area contributed by atoms with Crippen molar-refractivity contribution in [2.45, 2.75) is 30.7 Å². The molecule has 68 valence electrons. The van der Waals surface area contributed by atoms with Crippen LogP contribution >= 0.6 is 0 Å². The molecule has 1 fully saturated rings. The van der Waals surface area contributed by atoms with Gasteiger partial charge in [0.05, 0.1) is 6.61 Å². The van der Waals surface area contributed by atoms with Gasteiger partial charge < -0.3 is 19.7 Å². The molecule has 0 aliphatic carbocycles. The molecule has 0 saturated carbocycles. The molecule has 0 amide bonds. The number of ether oxygens (including phenoxy) is 2. The fourth-order valence-electron chi connectivity index (χ4n) is 1.37. The Morgan fingerprint density at radius 1 is 1.67 bits per heavy atom. The van der Waals surface area contributed by atoms with Gasteiger partial charge in [-0.3, -0.25) is 0 Å².